The summed E-state index contributed by atoms with van der Waals surface area (Å²) in [5.41, 5.74) is 1.63. The largest absolute Gasteiger partial charge is 0.379 e. The average molecular weight is 297 g/mol. The zero-order chi connectivity index (χ0) is 14.0. The van der Waals surface area contributed by atoms with Crippen molar-refractivity contribution < 1.29 is 12.6 Å². The van der Waals surface area contributed by atoms with Crippen LogP contribution in [0.4, 0.5) is 0 Å². The standard InChI is InChI=1S/C14H13ClO3S/c1-10-7-8-14(12(15)9-10)19(16,17)18-13-6-4-3-5-11(13)2/h3-9H,1-2H3. The van der Waals surface area contributed by atoms with Crippen LogP contribution >= 0.6 is 11.6 Å². The maximum absolute atomic E-state index is 12.2. The maximum atomic E-state index is 12.2. The van der Waals surface area contributed by atoms with E-state index in [0.29, 0.717) is 5.75 Å². The van der Waals surface area contributed by atoms with E-state index in [1.54, 1.807) is 37.3 Å². The first-order valence-electron chi connectivity index (χ1n) is 5.66. The number of aryl methyl sites for hydroxylation is 2. The Bertz CT molecular complexity index is 708. The van der Waals surface area contributed by atoms with Crippen molar-refractivity contribution in [1.82, 2.24) is 0 Å². The van der Waals surface area contributed by atoms with Crippen molar-refractivity contribution in [3.8, 4) is 5.75 Å². The van der Waals surface area contributed by atoms with Crippen molar-refractivity contribution in [2.45, 2.75) is 18.7 Å². The van der Waals surface area contributed by atoms with E-state index >= 15 is 0 Å². The van der Waals surface area contributed by atoms with Crippen molar-refractivity contribution in [1.29, 1.82) is 0 Å². The van der Waals surface area contributed by atoms with E-state index in [-0.39, 0.29) is 9.92 Å². The van der Waals surface area contributed by atoms with Gasteiger partial charge in [0.05, 0.1) is 5.02 Å². The van der Waals surface area contributed by atoms with Crippen LogP contribution in [0.5, 0.6) is 5.75 Å². The summed E-state index contributed by atoms with van der Waals surface area (Å²) >= 11 is 5.96. The monoisotopic (exact) mass is 296 g/mol. The van der Waals surface area contributed by atoms with Crippen molar-refractivity contribution in [3.63, 3.8) is 0 Å². The Hall–Kier alpha value is -1.52. The van der Waals surface area contributed by atoms with Gasteiger partial charge in [-0.2, -0.15) is 8.42 Å². The molecule has 0 saturated heterocycles. The van der Waals surface area contributed by atoms with Gasteiger partial charge < -0.3 is 4.18 Å². The molecule has 0 fully saturated rings. The SMILES string of the molecule is Cc1ccc(S(=O)(=O)Oc2ccccc2C)c(Cl)c1. The van der Waals surface area contributed by atoms with E-state index in [1.165, 1.54) is 6.07 Å². The smallest absolute Gasteiger partial charge is 0.340 e. The molecular weight excluding hydrogens is 284 g/mol. The normalized spacial score (nSPS) is 11.3. The molecule has 0 saturated carbocycles. The van der Waals surface area contributed by atoms with E-state index in [1.807, 2.05) is 13.0 Å². The van der Waals surface area contributed by atoms with Crippen LogP contribution < -0.4 is 4.18 Å². The summed E-state index contributed by atoms with van der Waals surface area (Å²) in [6, 6.07) is 11.6. The number of benzene rings is 2. The Balaban J connectivity index is 2.41. The third kappa shape index (κ3) is 3.08. The Morgan fingerprint density at radius 3 is 2.37 bits per heavy atom. The second-order valence-corrected chi connectivity index (χ2v) is 6.16. The summed E-state index contributed by atoms with van der Waals surface area (Å²) in [6.45, 7) is 3.62. The van der Waals surface area contributed by atoms with E-state index in [9.17, 15) is 8.42 Å². The molecule has 0 heterocycles. The molecule has 0 N–H and O–H groups in total. The van der Waals surface area contributed by atoms with Gasteiger partial charge in [0, 0.05) is 0 Å². The highest BCUT2D eigenvalue weighted by Gasteiger charge is 2.20. The third-order valence-electron chi connectivity index (χ3n) is 2.65. The van der Waals surface area contributed by atoms with Gasteiger partial charge in [0.25, 0.3) is 0 Å². The van der Waals surface area contributed by atoms with Crippen molar-refractivity contribution >= 4 is 21.7 Å². The van der Waals surface area contributed by atoms with Gasteiger partial charge >= 0.3 is 10.1 Å². The second kappa shape index (κ2) is 5.23. The van der Waals surface area contributed by atoms with Crippen molar-refractivity contribution in [2.24, 2.45) is 0 Å². The highest BCUT2D eigenvalue weighted by molar-refractivity contribution is 7.87. The molecule has 0 spiro atoms. The fourth-order valence-corrected chi connectivity index (χ4v) is 3.19. The van der Waals surface area contributed by atoms with Gasteiger partial charge in [-0.1, -0.05) is 35.9 Å². The minimum absolute atomic E-state index is 0.0250. The van der Waals surface area contributed by atoms with Crippen LogP contribution in [-0.4, -0.2) is 8.42 Å². The zero-order valence-electron chi connectivity index (χ0n) is 10.6. The van der Waals surface area contributed by atoms with E-state index in [2.05, 4.69) is 0 Å². The highest BCUT2D eigenvalue weighted by Crippen LogP contribution is 2.27. The molecule has 100 valence electrons. The first kappa shape index (κ1) is 13.9. The van der Waals surface area contributed by atoms with E-state index in [0.717, 1.165) is 11.1 Å². The van der Waals surface area contributed by atoms with Crippen molar-refractivity contribution in [3.05, 3.63) is 58.6 Å². The van der Waals surface area contributed by atoms with Crippen LogP contribution in [0.3, 0.4) is 0 Å². The number of para-hydroxylation sites is 1. The lowest BCUT2D eigenvalue weighted by molar-refractivity contribution is 0.484. The van der Waals surface area contributed by atoms with Gasteiger partial charge in [-0.25, -0.2) is 0 Å². The molecule has 0 atom stereocenters. The Kier molecular flexibility index (Phi) is 3.83. The van der Waals surface area contributed by atoms with Crippen LogP contribution in [0, 0.1) is 13.8 Å². The lowest BCUT2D eigenvalue weighted by Gasteiger charge is -2.10. The fourth-order valence-electron chi connectivity index (χ4n) is 1.62. The summed E-state index contributed by atoms with van der Waals surface area (Å²) in [5.74, 6) is 0.305. The Morgan fingerprint density at radius 1 is 1.05 bits per heavy atom. The summed E-state index contributed by atoms with van der Waals surface area (Å²) in [4.78, 5) is -0.0250. The molecule has 0 aromatic heterocycles. The number of hydrogen-bond acceptors (Lipinski definition) is 3. The average Bonchev–Trinajstić information content (AvgIpc) is 2.31. The third-order valence-corrected chi connectivity index (χ3v) is 4.37. The van der Waals surface area contributed by atoms with E-state index < -0.39 is 10.1 Å². The molecule has 0 aliphatic heterocycles. The van der Waals surface area contributed by atoms with E-state index in [4.69, 9.17) is 15.8 Å². The molecule has 0 aliphatic rings. The molecule has 0 bridgehead atoms. The molecule has 0 radical (unpaired) electrons. The second-order valence-electron chi connectivity index (χ2n) is 4.24. The summed E-state index contributed by atoms with van der Waals surface area (Å²) in [7, 11) is -3.92. The lowest BCUT2D eigenvalue weighted by Crippen LogP contribution is -2.11. The zero-order valence-corrected chi connectivity index (χ0v) is 12.1. The Morgan fingerprint density at radius 2 is 1.74 bits per heavy atom. The lowest BCUT2D eigenvalue weighted by atomic mass is 10.2. The van der Waals surface area contributed by atoms with Crippen LogP contribution in [0.15, 0.2) is 47.4 Å². The molecule has 19 heavy (non-hydrogen) atoms. The van der Waals surface area contributed by atoms with Gasteiger partial charge in [-0.05, 0) is 43.2 Å². The van der Waals surface area contributed by atoms with Gasteiger partial charge in [-0.3, -0.25) is 0 Å². The summed E-state index contributed by atoms with van der Waals surface area (Å²) in [6.07, 6.45) is 0. The first-order chi connectivity index (χ1) is 8.90. The predicted molar refractivity (Wildman–Crippen MR) is 75.2 cm³/mol. The molecule has 2 aromatic rings. The molecule has 3 nitrogen and oxygen atoms in total. The minimum atomic E-state index is -3.92. The van der Waals surface area contributed by atoms with Crippen molar-refractivity contribution in [2.75, 3.05) is 0 Å². The molecule has 2 rings (SSSR count). The van der Waals surface area contributed by atoms with Crippen LogP contribution in [0.2, 0.25) is 5.02 Å². The van der Waals surface area contributed by atoms with Gasteiger partial charge in [0.15, 0.2) is 0 Å². The van der Waals surface area contributed by atoms with Crippen LogP contribution in [0.25, 0.3) is 0 Å². The van der Waals surface area contributed by atoms with Crippen LogP contribution in [0.1, 0.15) is 11.1 Å². The number of hydrogen-bond donors (Lipinski definition) is 0. The highest BCUT2D eigenvalue weighted by atomic mass is 35.5. The fraction of sp³-hybridized carbons (Fsp3) is 0.143. The van der Waals surface area contributed by atoms with Crippen LogP contribution in [-0.2, 0) is 10.1 Å². The summed E-state index contributed by atoms with van der Waals surface area (Å²) < 4.78 is 29.5. The maximum Gasteiger partial charge on any atom is 0.340 e. The molecule has 5 heteroatoms. The number of halogens is 1. The molecule has 2 aromatic carbocycles. The first-order valence-corrected chi connectivity index (χ1v) is 7.45. The molecular formula is C14H13ClO3S. The minimum Gasteiger partial charge on any atom is -0.379 e. The van der Waals surface area contributed by atoms with Gasteiger partial charge in [-0.15, -0.1) is 0 Å². The quantitative estimate of drug-likeness (QED) is 0.811. The predicted octanol–water partition coefficient (Wildman–Crippen LogP) is 3.72. The molecule has 0 unspecified atom stereocenters. The number of rotatable bonds is 3. The Labute approximate surface area is 117 Å². The van der Waals surface area contributed by atoms with Gasteiger partial charge in [0.1, 0.15) is 10.6 Å². The topological polar surface area (TPSA) is 43.4 Å². The molecule has 0 amide bonds. The molecule has 0 aliphatic carbocycles. The van der Waals surface area contributed by atoms with Gasteiger partial charge in [0.2, 0.25) is 0 Å². The summed E-state index contributed by atoms with van der Waals surface area (Å²) in [5, 5.41) is 0.161.